The highest BCUT2D eigenvalue weighted by Crippen LogP contribution is 2.07. The molecule has 10 heavy (non-hydrogen) atoms. The van der Waals surface area contributed by atoms with Crippen molar-refractivity contribution in [3.8, 4) is 0 Å². The zero-order valence-electron chi connectivity index (χ0n) is 5.19. The Hall–Kier alpha value is -0.940. The van der Waals surface area contributed by atoms with E-state index in [9.17, 15) is 0 Å². The van der Waals surface area contributed by atoms with Gasteiger partial charge in [0.1, 0.15) is 5.51 Å². The van der Waals surface area contributed by atoms with Gasteiger partial charge in [0, 0.05) is 6.54 Å². The lowest BCUT2D eigenvalue weighted by molar-refractivity contribution is 0.956. The van der Waals surface area contributed by atoms with E-state index in [-0.39, 0.29) is 0 Å². The molecule has 2 aromatic rings. The number of fused-ring (bicyclic) bond motifs is 1. The van der Waals surface area contributed by atoms with Crippen molar-refractivity contribution < 1.29 is 0 Å². The molecule has 4 nitrogen and oxygen atoms in total. The predicted molar refractivity (Wildman–Crippen MR) is 38.8 cm³/mol. The van der Waals surface area contributed by atoms with Gasteiger partial charge >= 0.3 is 0 Å². The number of aromatic nitrogens is 3. The van der Waals surface area contributed by atoms with Crippen molar-refractivity contribution in [2.75, 3.05) is 0 Å². The number of hydrogen-bond acceptors (Lipinski definition) is 4. The summed E-state index contributed by atoms with van der Waals surface area (Å²) in [7, 11) is 0. The molecule has 52 valence electrons. The van der Waals surface area contributed by atoms with E-state index in [1.54, 1.807) is 10.0 Å². The van der Waals surface area contributed by atoms with Crippen molar-refractivity contribution >= 4 is 16.3 Å². The summed E-state index contributed by atoms with van der Waals surface area (Å²) >= 11 is 1.51. The van der Waals surface area contributed by atoms with Gasteiger partial charge in [-0.3, -0.25) is 0 Å². The zero-order valence-corrected chi connectivity index (χ0v) is 6.01. The molecule has 0 aromatic carbocycles. The third kappa shape index (κ3) is 0.714. The highest BCUT2D eigenvalue weighted by atomic mass is 32.1. The molecule has 2 N–H and O–H groups in total. The molecule has 0 atom stereocenters. The van der Waals surface area contributed by atoms with E-state index >= 15 is 0 Å². The van der Waals surface area contributed by atoms with Crippen LogP contribution in [0.15, 0.2) is 11.7 Å². The van der Waals surface area contributed by atoms with Crippen molar-refractivity contribution in [2.24, 2.45) is 5.73 Å². The third-order valence-electron chi connectivity index (χ3n) is 1.25. The fourth-order valence-electron chi connectivity index (χ4n) is 0.782. The molecule has 0 aliphatic heterocycles. The Kier molecular flexibility index (Phi) is 1.18. The Bertz CT molecular complexity index is 307. The minimum atomic E-state index is 0.482. The van der Waals surface area contributed by atoms with Gasteiger partial charge in [0.25, 0.3) is 0 Å². The summed E-state index contributed by atoms with van der Waals surface area (Å²) in [6, 6.07) is 0. The van der Waals surface area contributed by atoms with Crippen LogP contribution in [-0.4, -0.2) is 14.6 Å². The van der Waals surface area contributed by atoms with Gasteiger partial charge < -0.3 is 5.73 Å². The third-order valence-corrected chi connectivity index (χ3v) is 1.93. The second-order valence-corrected chi connectivity index (χ2v) is 2.71. The molecule has 0 aliphatic rings. The molecule has 0 amide bonds. The van der Waals surface area contributed by atoms with Crippen LogP contribution in [0.1, 0.15) is 5.69 Å². The first-order chi connectivity index (χ1) is 4.90. The van der Waals surface area contributed by atoms with Gasteiger partial charge in [0.15, 0.2) is 0 Å². The molecule has 0 fully saturated rings. The normalized spacial score (nSPS) is 10.9. The van der Waals surface area contributed by atoms with E-state index in [0.29, 0.717) is 6.54 Å². The smallest absolute Gasteiger partial charge is 0.212 e. The summed E-state index contributed by atoms with van der Waals surface area (Å²) in [4.78, 5) is 5.09. The van der Waals surface area contributed by atoms with Gasteiger partial charge in [-0.1, -0.05) is 11.3 Å². The van der Waals surface area contributed by atoms with E-state index in [2.05, 4.69) is 10.1 Å². The van der Waals surface area contributed by atoms with E-state index in [0.717, 1.165) is 10.7 Å². The first-order valence-corrected chi connectivity index (χ1v) is 3.76. The molecular weight excluding hydrogens is 148 g/mol. The second-order valence-electron chi connectivity index (χ2n) is 1.90. The van der Waals surface area contributed by atoms with E-state index in [1.807, 2.05) is 6.20 Å². The Labute approximate surface area is 61.3 Å². The van der Waals surface area contributed by atoms with Crippen LogP contribution in [-0.2, 0) is 6.54 Å². The molecule has 0 radical (unpaired) electrons. The topological polar surface area (TPSA) is 56.2 Å². The monoisotopic (exact) mass is 154 g/mol. The molecule has 0 saturated heterocycles. The number of nitrogens with two attached hydrogens (primary N) is 1. The van der Waals surface area contributed by atoms with Crippen LogP contribution in [0.25, 0.3) is 4.96 Å². The maximum Gasteiger partial charge on any atom is 0.212 e. The molecule has 2 rings (SSSR count). The standard InChI is InChI=1S/C5H6N4S/c6-1-4-2-9-5(8-4)10-3-7-9/h2-3H,1,6H2. The molecular formula is C5H6N4S. The molecule has 0 bridgehead atoms. The van der Waals surface area contributed by atoms with Crippen LogP contribution >= 0.6 is 11.3 Å². The van der Waals surface area contributed by atoms with Gasteiger partial charge in [-0.15, -0.1) is 0 Å². The van der Waals surface area contributed by atoms with E-state index in [1.165, 1.54) is 11.3 Å². The Morgan fingerprint density at radius 2 is 2.60 bits per heavy atom. The van der Waals surface area contributed by atoms with Crippen LogP contribution in [0, 0.1) is 0 Å². The van der Waals surface area contributed by atoms with Crippen molar-refractivity contribution in [2.45, 2.75) is 6.54 Å². The van der Waals surface area contributed by atoms with Gasteiger partial charge in [-0.2, -0.15) is 5.10 Å². The van der Waals surface area contributed by atoms with Gasteiger partial charge in [-0.05, 0) is 0 Å². The lowest BCUT2D eigenvalue weighted by Gasteiger charge is -1.79. The summed E-state index contributed by atoms with van der Waals surface area (Å²) in [5, 5.41) is 4.00. The maximum atomic E-state index is 5.37. The second kappa shape index (κ2) is 2.03. The average Bonchev–Trinajstić information content (AvgIpc) is 2.42. The quantitative estimate of drug-likeness (QED) is 0.640. The van der Waals surface area contributed by atoms with Gasteiger partial charge in [0.2, 0.25) is 4.96 Å². The zero-order chi connectivity index (χ0) is 6.97. The lowest BCUT2D eigenvalue weighted by Crippen LogP contribution is -1.95. The minimum Gasteiger partial charge on any atom is -0.325 e. The first-order valence-electron chi connectivity index (χ1n) is 2.88. The van der Waals surface area contributed by atoms with Gasteiger partial charge in [0.05, 0.1) is 11.9 Å². The summed E-state index contributed by atoms with van der Waals surface area (Å²) in [5.74, 6) is 0. The number of rotatable bonds is 1. The maximum absolute atomic E-state index is 5.37. The molecule has 0 aliphatic carbocycles. The Morgan fingerprint density at radius 1 is 1.70 bits per heavy atom. The van der Waals surface area contributed by atoms with Crippen LogP contribution < -0.4 is 5.73 Å². The number of nitrogens with zero attached hydrogens (tertiary/aromatic N) is 3. The number of hydrogen-bond donors (Lipinski definition) is 1. The summed E-state index contributed by atoms with van der Waals surface area (Å²) in [6.45, 7) is 0.482. The minimum absolute atomic E-state index is 0.482. The van der Waals surface area contributed by atoms with Gasteiger partial charge in [-0.25, -0.2) is 9.50 Å². The molecule has 0 spiro atoms. The van der Waals surface area contributed by atoms with Crippen LogP contribution in [0.5, 0.6) is 0 Å². The average molecular weight is 154 g/mol. The molecule has 0 saturated carbocycles. The van der Waals surface area contributed by atoms with E-state index < -0.39 is 0 Å². The summed E-state index contributed by atoms with van der Waals surface area (Å²) in [5.41, 5.74) is 8.01. The molecule has 2 heterocycles. The Balaban J connectivity index is 2.67. The predicted octanol–water partition coefficient (Wildman–Crippen LogP) is 0.249. The molecule has 0 unspecified atom stereocenters. The van der Waals surface area contributed by atoms with Crippen molar-refractivity contribution in [3.05, 3.63) is 17.4 Å². The van der Waals surface area contributed by atoms with E-state index in [4.69, 9.17) is 5.73 Å². The fourth-order valence-corrected chi connectivity index (χ4v) is 1.40. The highest BCUT2D eigenvalue weighted by Gasteiger charge is 1.99. The van der Waals surface area contributed by atoms with Crippen molar-refractivity contribution in [1.82, 2.24) is 14.6 Å². The number of imidazole rings is 1. The van der Waals surface area contributed by atoms with Crippen LogP contribution in [0.2, 0.25) is 0 Å². The fraction of sp³-hybridized carbons (Fsp3) is 0.200. The first kappa shape index (κ1) is 5.82. The molecule has 2 aromatic heterocycles. The van der Waals surface area contributed by atoms with Crippen molar-refractivity contribution in [1.29, 1.82) is 0 Å². The van der Waals surface area contributed by atoms with Crippen LogP contribution in [0.4, 0.5) is 0 Å². The summed E-state index contributed by atoms with van der Waals surface area (Å²) < 4.78 is 1.73. The molecule has 5 heteroatoms. The van der Waals surface area contributed by atoms with Crippen molar-refractivity contribution in [3.63, 3.8) is 0 Å². The highest BCUT2D eigenvalue weighted by molar-refractivity contribution is 7.14. The largest absolute Gasteiger partial charge is 0.325 e. The SMILES string of the molecule is NCc1cn2ncsc2n1. The summed E-state index contributed by atoms with van der Waals surface area (Å²) in [6.07, 6.45) is 1.84. The Morgan fingerprint density at radius 3 is 3.30 bits per heavy atom. The van der Waals surface area contributed by atoms with Crippen LogP contribution in [0.3, 0.4) is 0 Å². The lowest BCUT2D eigenvalue weighted by atomic mass is 10.5.